The van der Waals surface area contributed by atoms with E-state index in [4.69, 9.17) is 16.3 Å². The molecule has 2 aliphatic rings. The molecule has 1 aromatic rings. The third kappa shape index (κ3) is 2.66. The third-order valence-electron chi connectivity index (χ3n) is 5.22. The smallest absolute Gasteiger partial charge is 0.147 e. The topological polar surface area (TPSA) is 21.3 Å². The Labute approximate surface area is 131 Å². The highest BCUT2D eigenvalue weighted by atomic mass is 35.5. The van der Waals surface area contributed by atoms with Gasteiger partial charge in [0.05, 0.1) is 16.8 Å². The summed E-state index contributed by atoms with van der Waals surface area (Å²) in [6, 6.07) is 5.10. The summed E-state index contributed by atoms with van der Waals surface area (Å²) in [7, 11) is 0. The molecular weight excluding hydrogens is 289 g/mol. The molecule has 2 unspecified atom stereocenters. The summed E-state index contributed by atoms with van der Waals surface area (Å²) in [6.07, 6.45) is 7.38. The van der Waals surface area contributed by atoms with Crippen LogP contribution >= 0.6 is 11.6 Å². The summed E-state index contributed by atoms with van der Waals surface area (Å²) in [6.45, 7) is 2.80. The number of anilines is 1. The predicted octanol–water partition coefficient (Wildman–Crippen LogP) is 5.02. The van der Waals surface area contributed by atoms with Crippen LogP contribution in [0.4, 0.5) is 10.1 Å². The standard InChI is InChI=1S/C17H23ClFNO/c1-2-21-15-11-14(17(15)9-4-3-5-10-17)20-16-12(18)7-6-8-13(16)19/h6-8,14-15,20H,2-5,9-11H2,1H3. The molecule has 0 heterocycles. The maximum Gasteiger partial charge on any atom is 0.147 e. The molecule has 0 aromatic heterocycles. The SMILES string of the molecule is CCOC1CC(Nc2c(F)cccc2Cl)C12CCCCC2. The highest BCUT2D eigenvalue weighted by Gasteiger charge is 2.55. The van der Waals surface area contributed by atoms with Crippen LogP contribution in [-0.2, 0) is 4.74 Å². The fourth-order valence-corrected chi connectivity index (χ4v) is 4.29. The molecular formula is C17H23ClFNO. The van der Waals surface area contributed by atoms with Gasteiger partial charge in [-0.15, -0.1) is 0 Å². The van der Waals surface area contributed by atoms with Gasteiger partial charge in [-0.25, -0.2) is 4.39 Å². The van der Waals surface area contributed by atoms with E-state index in [0.29, 0.717) is 16.8 Å². The van der Waals surface area contributed by atoms with Crippen LogP contribution in [0.3, 0.4) is 0 Å². The number of para-hydroxylation sites is 1. The molecule has 1 aromatic carbocycles. The van der Waals surface area contributed by atoms with Crippen LogP contribution in [0.2, 0.25) is 5.02 Å². The van der Waals surface area contributed by atoms with Gasteiger partial charge in [0, 0.05) is 18.1 Å². The number of hydrogen-bond donors (Lipinski definition) is 1. The molecule has 3 rings (SSSR count). The summed E-state index contributed by atoms with van der Waals surface area (Å²) < 4.78 is 19.9. The summed E-state index contributed by atoms with van der Waals surface area (Å²) >= 11 is 6.15. The van der Waals surface area contributed by atoms with Crippen molar-refractivity contribution in [3.05, 3.63) is 29.0 Å². The van der Waals surface area contributed by atoms with E-state index in [9.17, 15) is 4.39 Å². The monoisotopic (exact) mass is 311 g/mol. The van der Waals surface area contributed by atoms with Gasteiger partial charge in [0.15, 0.2) is 0 Å². The second kappa shape index (κ2) is 6.13. The molecule has 0 aliphatic heterocycles. The lowest BCUT2D eigenvalue weighted by Gasteiger charge is -2.58. The van der Waals surface area contributed by atoms with Crippen LogP contribution in [0.25, 0.3) is 0 Å². The summed E-state index contributed by atoms with van der Waals surface area (Å²) in [4.78, 5) is 0. The van der Waals surface area contributed by atoms with Crippen molar-refractivity contribution in [2.45, 2.75) is 57.6 Å². The van der Waals surface area contributed by atoms with E-state index in [1.54, 1.807) is 12.1 Å². The lowest BCUT2D eigenvalue weighted by atomic mass is 9.55. The van der Waals surface area contributed by atoms with Crippen molar-refractivity contribution < 1.29 is 9.13 Å². The Kier molecular flexibility index (Phi) is 4.41. The average molecular weight is 312 g/mol. The zero-order valence-electron chi connectivity index (χ0n) is 12.5. The number of hydrogen-bond acceptors (Lipinski definition) is 2. The highest BCUT2D eigenvalue weighted by molar-refractivity contribution is 6.33. The Morgan fingerprint density at radius 2 is 2.10 bits per heavy atom. The molecule has 0 radical (unpaired) electrons. The maximum atomic E-state index is 14.0. The van der Waals surface area contributed by atoms with Gasteiger partial charge < -0.3 is 10.1 Å². The Morgan fingerprint density at radius 1 is 1.33 bits per heavy atom. The molecule has 116 valence electrons. The first-order chi connectivity index (χ1) is 10.2. The Hall–Kier alpha value is -0.800. The highest BCUT2D eigenvalue weighted by Crippen LogP contribution is 2.54. The molecule has 2 atom stereocenters. The van der Waals surface area contributed by atoms with Crippen molar-refractivity contribution in [3.8, 4) is 0 Å². The van der Waals surface area contributed by atoms with Gasteiger partial charge in [0.1, 0.15) is 5.82 Å². The quantitative estimate of drug-likeness (QED) is 0.843. The van der Waals surface area contributed by atoms with Crippen LogP contribution in [-0.4, -0.2) is 18.8 Å². The van der Waals surface area contributed by atoms with Crippen LogP contribution < -0.4 is 5.32 Å². The van der Waals surface area contributed by atoms with E-state index in [-0.39, 0.29) is 17.3 Å². The van der Waals surface area contributed by atoms with Gasteiger partial charge in [0.25, 0.3) is 0 Å². The minimum Gasteiger partial charge on any atom is -0.378 e. The number of halogens is 2. The van der Waals surface area contributed by atoms with Gasteiger partial charge in [-0.05, 0) is 38.3 Å². The molecule has 0 bridgehead atoms. The number of rotatable bonds is 4. The molecule has 2 nitrogen and oxygen atoms in total. The molecule has 21 heavy (non-hydrogen) atoms. The summed E-state index contributed by atoms with van der Waals surface area (Å²) in [5.74, 6) is -0.270. The van der Waals surface area contributed by atoms with Crippen LogP contribution in [0.5, 0.6) is 0 Å². The van der Waals surface area contributed by atoms with Crippen LogP contribution in [0.1, 0.15) is 45.4 Å². The first-order valence-electron chi connectivity index (χ1n) is 7.99. The Balaban J connectivity index is 1.79. The van der Waals surface area contributed by atoms with Crippen molar-refractivity contribution >= 4 is 17.3 Å². The molecule has 1 spiro atoms. The van der Waals surface area contributed by atoms with Crippen molar-refractivity contribution in [2.24, 2.45) is 5.41 Å². The molecule has 2 saturated carbocycles. The van der Waals surface area contributed by atoms with E-state index in [1.165, 1.54) is 38.2 Å². The van der Waals surface area contributed by atoms with E-state index >= 15 is 0 Å². The number of nitrogens with one attached hydrogen (secondary N) is 1. The lowest BCUT2D eigenvalue weighted by Crippen LogP contribution is -2.62. The zero-order valence-corrected chi connectivity index (χ0v) is 13.3. The maximum absolute atomic E-state index is 14.0. The minimum atomic E-state index is -0.270. The van der Waals surface area contributed by atoms with E-state index < -0.39 is 0 Å². The van der Waals surface area contributed by atoms with Gasteiger partial charge in [0.2, 0.25) is 0 Å². The minimum absolute atomic E-state index is 0.167. The molecule has 2 aliphatic carbocycles. The van der Waals surface area contributed by atoms with Gasteiger partial charge >= 0.3 is 0 Å². The van der Waals surface area contributed by atoms with Gasteiger partial charge in [-0.1, -0.05) is 36.9 Å². The van der Waals surface area contributed by atoms with Gasteiger partial charge in [-0.3, -0.25) is 0 Å². The largest absolute Gasteiger partial charge is 0.378 e. The predicted molar refractivity (Wildman–Crippen MR) is 84.4 cm³/mol. The Bertz CT molecular complexity index is 481. The van der Waals surface area contributed by atoms with Crippen LogP contribution in [0, 0.1) is 11.2 Å². The van der Waals surface area contributed by atoms with Crippen molar-refractivity contribution in [1.29, 1.82) is 0 Å². The van der Waals surface area contributed by atoms with Crippen molar-refractivity contribution in [2.75, 3.05) is 11.9 Å². The van der Waals surface area contributed by atoms with Gasteiger partial charge in [-0.2, -0.15) is 0 Å². The normalized spacial score (nSPS) is 27.4. The summed E-state index contributed by atoms with van der Waals surface area (Å²) in [5.41, 5.74) is 0.615. The fourth-order valence-electron chi connectivity index (χ4n) is 4.08. The first kappa shape index (κ1) is 15.1. The zero-order chi connectivity index (χ0) is 14.9. The first-order valence-corrected chi connectivity index (χ1v) is 8.37. The molecule has 4 heteroatoms. The second-order valence-electron chi connectivity index (χ2n) is 6.27. The average Bonchev–Trinajstić information content (AvgIpc) is 2.50. The third-order valence-corrected chi connectivity index (χ3v) is 5.53. The van der Waals surface area contributed by atoms with Crippen molar-refractivity contribution in [3.63, 3.8) is 0 Å². The number of ether oxygens (including phenoxy) is 1. The molecule has 0 amide bonds. The Morgan fingerprint density at radius 3 is 2.76 bits per heavy atom. The number of benzene rings is 1. The fraction of sp³-hybridized carbons (Fsp3) is 0.647. The van der Waals surface area contributed by atoms with E-state index in [1.807, 2.05) is 6.92 Å². The van der Waals surface area contributed by atoms with E-state index in [0.717, 1.165) is 13.0 Å². The van der Waals surface area contributed by atoms with Crippen LogP contribution in [0.15, 0.2) is 18.2 Å². The second-order valence-corrected chi connectivity index (χ2v) is 6.67. The lowest BCUT2D eigenvalue weighted by molar-refractivity contribution is -0.134. The summed E-state index contributed by atoms with van der Waals surface area (Å²) in [5, 5.41) is 3.84. The van der Waals surface area contributed by atoms with E-state index in [2.05, 4.69) is 5.32 Å². The molecule has 1 N–H and O–H groups in total. The molecule has 0 saturated heterocycles. The van der Waals surface area contributed by atoms with Crippen molar-refractivity contribution in [1.82, 2.24) is 0 Å². The molecule has 2 fully saturated rings.